The Kier molecular flexibility index (Phi) is 4.44. The van der Waals surface area contributed by atoms with Gasteiger partial charge in [0.15, 0.2) is 5.13 Å². The lowest BCUT2D eigenvalue weighted by molar-refractivity contribution is -0.117. The normalized spacial score (nSPS) is 11.1. The van der Waals surface area contributed by atoms with Gasteiger partial charge in [0.1, 0.15) is 0 Å². The molecule has 23 heavy (non-hydrogen) atoms. The van der Waals surface area contributed by atoms with Crippen LogP contribution in [0.3, 0.4) is 0 Å². The number of hydrogen-bond acceptors (Lipinski definition) is 3. The van der Waals surface area contributed by atoms with Gasteiger partial charge in [-0.1, -0.05) is 56.4 Å². The molecule has 1 amide bonds. The van der Waals surface area contributed by atoms with E-state index in [0.29, 0.717) is 12.3 Å². The standard InChI is InChI=1S/C19H20N2OS/c1-4-18(22)21(15-11-9-14(10-12-15)13(2)3)19-20-16-7-5-6-8-17(16)23-19/h5-13H,4H2,1-3H3. The smallest absolute Gasteiger partial charge is 0.233 e. The molecule has 0 saturated heterocycles. The van der Waals surface area contributed by atoms with Crippen LogP contribution >= 0.6 is 11.3 Å². The average Bonchev–Trinajstić information content (AvgIpc) is 2.98. The fourth-order valence-corrected chi connectivity index (χ4v) is 3.49. The van der Waals surface area contributed by atoms with E-state index in [1.807, 2.05) is 43.3 Å². The molecule has 2 aromatic carbocycles. The summed E-state index contributed by atoms with van der Waals surface area (Å²) in [5.74, 6) is 0.531. The number of nitrogens with zero attached hydrogens (tertiary/aromatic N) is 2. The van der Waals surface area contributed by atoms with E-state index in [1.54, 1.807) is 16.2 Å². The molecule has 118 valence electrons. The van der Waals surface area contributed by atoms with E-state index < -0.39 is 0 Å². The van der Waals surface area contributed by atoms with Crippen molar-refractivity contribution >= 4 is 38.3 Å². The van der Waals surface area contributed by atoms with Gasteiger partial charge in [-0.2, -0.15) is 0 Å². The molecule has 0 N–H and O–H groups in total. The largest absolute Gasteiger partial charge is 0.274 e. The van der Waals surface area contributed by atoms with E-state index in [4.69, 9.17) is 0 Å². The zero-order valence-corrected chi connectivity index (χ0v) is 14.4. The molecule has 0 bridgehead atoms. The predicted octanol–water partition coefficient (Wildman–Crippen LogP) is 5.49. The maximum absolute atomic E-state index is 12.5. The third kappa shape index (κ3) is 3.13. The first-order chi connectivity index (χ1) is 11.1. The topological polar surface area (TPSA) is 33.2 Å². The molecule has 1 aromatic heterocycles. The molecule has 1 heterocycles. The molecule has 3 nitrogen and oxygen atoms in total. The first-order valence-electron chi connectivity index (χ1n) is 7.88. The minimum absolute atomic E-state index is 0.0568. The van der Waals surface area contributed by atoms with E-state index in [-0.39, 0.29) is 5.91 Å². The third-order valence-corrected chi connectivity index (χ3v) is 4.87. The van der Waals surface area contributed by atoms with Gasteiger partial charge in [0, 0.05) is 6.42 Å². The zero-order valence-electron chi connectivity index (χ0n) is 13.6. The average molecular weight is 324 g/mol. The number of hydrogen-bond donors (Lipinski definition) is 0. The summed E-state index contributed by atoms with van der Waals surface area (Å²) in [5.41, 5.74) is 3.07. The lowest BCUT2D eigenvalue weighted by Gasteiger charge is -2.20. The molecule has 4 heteroatoms. The van der Waals surface area contributed by atoms with E-state index in [9.17, 15) is 4.79 Å². The molecule has 0 fully saturated rings. The first-order valence-corrected chi connectivity index (χ1v) is 8.70. The maximum atomic E-state index is 12.5. The second-order valence-corrected chi connectivity index (χ2v) is 6.80. The second kappa shape index (κ2) is 6.50. The number of anilines is 2. The summed E-state index contributed by atoms with van der Waals surface area (Å²) in [4.78, 5) is 18.9. The van der Waals surface area contributed by atoms with Gasteiger partial charge >= 0.3 is 0 Å². The van der Waals surface area contributed by atoms with Crippen LogP contribution < -0.4 is 4.90 Å². The van der Waals surface area contributed by atoms with E-state index in [2.05, 4.69) is 31.0 Å². The Labute approximate surface area is 140 Å². The van der Waals surface area contributed by atoms with E-state index >= 15 is 0 Å². The van der Waals surface area contributed by atoms with Crippen molar-refractivity contribution in [1.82, 2.24) is 4.98 Å². The van der Waals surface area contributed by atoms with Crippen molar-refractivity contribution in [1.29, 1.82) is 0 Å². The monoisotopic (exact) mass is 324 g/mol. The fourth-order valence-electron chi connectivity index (χ4n) is 2.48. The number of aromatic nitrogens is 1. The molecule has 0 atom stereocenters. The molecule has 0 aliphatic rings. The summed E-state index contributed by atoms with van der Waals surface area (Å²) in [6.45, 7) is 6.21. The zero-order chi connectivity index (χ0) is 16.4. The van der Waals surface area contributed by atoms with Crippen molar-refractivity contribution in [3.05, 3.63) is 54.1 Å². The third-order valence-electron chi connectivity index (χ3n) is 3.84. The van der Waals surface area contributed by atoms with Crippen LogP contribution in [-0.2, 0) is 4.79 Å². The SMILES string of the molecule is CCC(=O)N(c1ccc(C(C)C)cc1)c1nc2ccccc2s1. The minimum Gasteiger partial charge on any atom is -0.274 e. The lowest BCUT2D eigenvalue weighted by Crippen LogP contribution is -2.24. The summed E-state index contributed by atoms with van der Waals surface area (Å²) < 4.78 is 1.09. The summed E-state index contributed by atoms with van der Waals surface area (Å²) in [5, 5.41) is 0.732. The minimum atomic E-state index is 0.0568. The van der Waals surface area contributed by atoms with Crippen molar-refractivity contribution in [2.45, 2.75) is 33.1 Å². The molecule has 0 radical (unpaired) electrons. The van der Waals surface area contributed by atoms with Gasteiger partial charge in [-0.05, 0) is 35.7 Å². The number of rotatable bonds is 4. The van der Waals surface area contributed by atoms with Crippen molar-refractivity contribution in [3.63, 3.8) is 0 Å². The maximum Gasteiger partial charge on any atom is 0.233 e. The number of para-hydroxylation sites is 1. The Morgan fingerprint density at radius 2 is 1.83 bits per heavy atom. The van der Waals surface area contributed by atoms with Crippen LogP contribution in [0, 0.1) is 0 Å². The molecule has 0 aliphatic carbocycles. The number of carbonyl (C=O) groups excluding carboxylic acids is 1. The number of benzene rings is 2. The fraction of sp³-hybridized carbons (Fsp3) is 0.263. The number of amides is 1. The first kappa shape index (κ1) is 15.7. The van der Waals surface area contributed by atoms with Crippen molar-refractivity contribution in [2.24, 2.45) is 0 Å². The number of thiazole rings is 1. The number of carbonyl (C=O) groups is 1. The van der Waals surface area contributed by atoms with Crippen molar-refractivity contribution in [3.8, 4) is 0 Å². The molecular weight excluding hydrogens is 304 g/mol. The van der Waals surface area contributed by atoms with Crippen LogP contribution in [0.25, 0.3) is 10.2 Å². The van der Waals surface area contributed by atoms with Crippen molar-refractivity contribution in [2.75, 3.05) is 4.90 Å². The van der Waals surface area contributed by atoms with E-state index in [1.165, 1.54) is 5.56 Å². The van der Waals surface area contributed by atoms with Gasteiger partial charge < -0.3 is 0 Å². The molecular formula is C19H20N2OS. The molecule has 0 unspecified atom stereocenters. The summed E-state index contributed by atoms with van der Waals surface area (Å²) >= 11 is 1.55. The molecule has 3 aromatic rings. The van der Waals surface area contributed by atoms with Gasteiger partial charge in [-0.15, -0.1) is 0 Å². The van der Waals surface area contributed by atoms with Crippen LogP contribution in [0.2, 0.25) is 0 Å². The molecule has 3 rings (SSSR count). The van der Waals surface area contributed by atoms with Gasteiger partial charge in [0.2, 0.25) is 5.91 Å². The predicted molar refractivity (Wildman–Crippen MR) is 97.6 cm³/mol. The van der Waals surface area contributed by atoms with Crippen LogP contribution in [0.5, 0.6) is 0 Å². The highest BCUT2D eigenvalue weighted by Gasteiger charge is 2.20. The lowest BCUT2D eigenvalue weighted by atomic mass is 10.0. The highest BCUT2D eigenvalue weighted by molar-refractivity contribution is 7.22. The van der Waals surface area contributed by atoms with Gasteiger partial charge in [-0.3, -0.25) is 9.69 Å². The van der Waals surface area contributed by atoms with Crippen LogP contribution in [0.1, 0.15) is 38.7 Å². The highest BCUT2D eigenvalue weighted by Crippen LogP contribution is 2.34. The van der Waals surface area contributed by atoms with Crippen LogP contribution in [-0.4, -0.2) is 10.9 Å². The summed E-state index contributed by atoms with van der Waals surface area (Å²) in [6, 6.07) is 16.2. The van der Waals surface area contributed by atoms with Crippen LogP contribution in [0.4, 0.5) is 10.8 Å². The van der Waals surface area contributed by atoms with E-state index in [0.717, 1.165) is 21.0 Å². The van der Waals surface area contributed by atoms with Gasteiger partial charge in [-0.25, -0.2) is 4.98 Å². The van der Waals surface area contributed by atoms with Crippen molar-refractivity contribution < 1.29 is 4.79 Å². The number of fused-ring (bicyclic) bond motifs is 1. The Balaban J connectivity index is 2.05. The molecule has 0 spiro atoms. The second-order valence-electron chi connectivity index (χ2n) is 5.79. The van der Waals surface area contributed by atoms with Crippen LogP contribution in [0.15, 0.2) is 48.5 Å². The van der Waals surface area contributed by atoms with Gasteiger partial charge in [0.25, 0.3) is 0 Å². The Hall–Kier alpha value is -2.20. The summed E-state index contributed by atoms with van der Waals surface area (Å²) in [6.07, 6.45) is 0.446. The highest BCUT2D eigenvalue weighted by atomic mass is 32.1. The molecule has 0 aliphatic heterocycles. The summed E-state index contributed by atoms with van der Waals surface area (Å²) in [7, 11) is 0. The van der Waals surface area contributed by atoms with Gasteiger partial charge in [0.05, 0.1) is 15.9 Å². The Bertz CT molecular complexity index is 788. The molecule has 0 saturated carbocycles. The Morgan fingerprint density at radius 3 is 2.43 bits per heavy atom. The quantitative estimate of drug-likeness (QED) is 0.635. The Morgan fingerprint density at radius 1 is 1.13 bits per heavy atom.